The summed E-state index contributed by atoms with van der Waals surface area (Å²) in [6.07, 6.45) is 1.05. The molecule has 1 aliphatic rings. The average Bonchev–Trinajstić information content (AvgIpc) is 3.09. The molecule has 5 heteroatoms. The van der Waals surface area contributed by atoms with Crippen LogP contribution in [0.5, 0.6) is 5.75 Å². The maximum atomic E-state index is 12.7. The maximum absolute atomic E-state index is 12.7. The Bertz CT molecular complexity index is 712. The van der Waals surface area contributed by atoms with Crippen molar-refractivity contribution >= 4 is 23.2 Å². The summed E-state index contributed by atoms with van der Waals surface area (Å²) in [5, 5.41) is 6.73. The zero-order valence-electron chi connectivity index (χ0n) is 12.9. The van der Waals surface area contributed by atoms with Crippen LogP contribution >= 0.6 is 11.6 Å². The van der Waals surface area contributed by atoms with Crippen molar-refractivity contribution in [2.45, 2.75) is 12.3 Å². The molecule has 1 atom stereocenters. The molecule has 2 aromatic rings. The third-order valence-electron chi connectivity index (χ3n) is 4.12. The minimum absolute atomic E-state index is 0.117. The van der Waals surface area contributed by atoms with Crippen LogP contribution in [-0.2, 0) is 0 Å². The summed E-state index contributed by atoms with van der Waals surface area (Å²) in [4.78, 5) is 12.7. The summed E-state index contributed by atoms with van der Waals surface area (Å²) in [5.74, 6) is 0.854. The van der Waals surface area contributed by atoms with Crippen molar-refractivity contribution in [1.29, 1.82) is 0 Å². The molecule has 2 aromatic carbocycles. The molecule has 120 valence electrons. The molecule has 0 aromatic heterocycles. The lowest BCUT2D eigenvalue weighted by Gasteiger charge is -2.15. The van der Waals surface area contributed by atoms with Crippen molar-refractivity contribution in [3.05, 3.63) is 58.6 Å². The van der Waals surface area contributed by atoms with E-state index in [1.807, 2.05) is 24.3 Å². The molecule has 1 unspecified atom stereocenters. The van der Waals surface area contributed by atoms with Crippen LogP contribution in [0.1, 0.15) is 28.3 Å². The van der Waals surface area contributed by atoms with Crippen LogP contribution in [0.15, 0.2) is 42.5 Å². The Morgan fingerprint density at radius 2 is 2.13 bits per heavy atom. The van der Waals surface area contributed by atoms with Gasteiger partial charge >= 0.3 is 0 Å². The van der Waals surface area contributed by atoms with Gasteiger partial charge in [-0.25, -0.2) is 0 Å². The highest BCUT2D eigenvalue weighted by molar-refractivity contribution is 6.32. The number of benzene rings is 2. The van der Waals surface area contributed by atoms with Crippen molar-refractivity contribution in [2.75, 3.05) is 25.5 Å². The fraction of sp³-hybridized carbons (Fsp3) is 0.278. The molecule has 3 rings (SSSR count). The minimum atomic E-state index is -0.117. The van der Waals surface area contributed by atoms with Gasteiger partial charge in [0.1, 0.15) is 5.75 Å². The number of hydrogen-bond acceptors (Lipinski definition) is 3. The SMILES string of the molecule is COc1ccc(NC(=O)c2ccccc2C2CCNC2)cc1Cl. The van der Waals surface area contributed by atoms with Crippen molar-refractivity contribution < 1.29 is 9.53 Å². The largest absolute Gasteiger partial charge is 0.495 e. The first kappa shape index (κ1) is 15.8. The topological polar surface area (TPSA) is 50.4 Å². The monoisotopic (exact) mass is 330 g/mol. The Kier molecular flexibility index (Phi) is 4.84. The lowest BCUT2D eigenvalue weighted by molar-refractivity contribution is 0.102. The second-order valence-corrected chi connectivity index (χ2v) is 5.99. The van der Waals surface area contributed by atoms with Gasteiger partial charge < -0.3 is 15.4 Å². The first-order chi connectivity index (χ1) is 11.2. The van der Waals surface area contributed by atoms with Gasteiger partial charge in [-0.2, -0.15) is 0 Å². The van der Waals surface area contributed by atoms with Gasteiger partial charge in [0, 0.05) is 17.8 Å². The Hall–Kier alpha value is -2.04. The summed E-state index contributed by atoms with van der Waals surface area (Å²) in [6.45, 7) is 1.91. The van der Waals surface area contributed by atoms with E-state index in [0.717, 1.165) is 25.1 Å². The lowest BCUT2D eigenvalue weighted by Crippen LogP contribution is -2.17. The predicted molar refractivity (Wildman–Crippen MR) is 92.6 cm³/mol. The van der Waals surface area contributed by atoms with Crippen molar-refractivity contribution in [3.63, 3.8) is 0 Å². The van der Waals surface area contributed by atoms with E-state index in [9.17, 15) is 4.79 Å². The van der Waals surface area contributed by atoms with E-state index in [-0.39, 0.29) is 5.91 Å². The Morgan fingerprint density at radius 3 is 2.83 bits per heavy atom. The fourth-order valence-corrected chi connectivity index (χ4v) is 3.18. The highest BCUT2D eigenvalue weighted by Crippen LogP contribution is 2.29. The summed E-state index contributed by atoms with van der Waals surface area (Å²) >= 11 is 6.11. The highest BCUT2D eigenvalue weighted by Gasteiger charge is 2.22. The average molecular weight is 331 g/mol. The Morgan fingerprint density at radius 1 is 1.30 bits per heavy atom. The predicted octanol–water partition coefficient (Wildman–Crippen LogP) is 3.68. The number of methoxy groups -OCH3 is 1. The van der Waals surface area contributed by atoms with E-state index < -0.39 is 0 Å². The van der Waals surface area contributed by atoms with E-state index in [1.165, 1.54) is 0 Å². The second-order valence-electron chi connectivity index (χ2n) is 5.58. The maximum Gasteiger partial charge on any atom is 0.255 e. The molecule has 4 nitrogen and oxygen atoms in total. The number of carbonyl (C=O) groups is 1. The minimum Gasteiger partial charge on any atom is -0.495 e. The van der Waals surface area contributed by atoms with Crippen molar-refractivity contribution in [1.82, 2.24) is 5.32 Å². The molecule has 2 N–H and O–H groups in total. The Labute approximate surface area is 140 Å². The van der Waals surface area contributed by atoms with Crippen LogP contribution in [0.4, 0.5) is 5.69 Å². The molecule has 0 bridgehead atoms. The van der Waals surface area contributed by atoms with Gasteiger partial charge in [-0.3, -0.25) is 4.79 Å². The first-order valence-electron chi connectivity index (χ1n) is 7.63. The highest BCUT2D eigenvalue weighted by atomic mass is 35.5. The first-order valence-corrected chi connectivity index (χ1v) is 8.01. The molecule has 1 amide bonds. The van der Waals surface area contributed by atoms with Crippen LogP contribution < -0.4 is 15.4 Å². The Balaban J connectivity index is 1.82. The summed E-state index contributed by atoms with van der Waals surface area (Å²) < 4.78 is 5.12. The van der Waals surface area contributed by atoms with Crippen molar-refractivity contribution in [2.24, 2.45) is 0 Å². The number of carbonyl (C=O) groups excluding carboxylic acids is 1. The van der Waals surface area contributed by atoms with Gasteiger partial charge in [0.25, 0.3) is 5.91 Å². The number of ether oxygens (including phenoxy) is 1. The van der Waals surface area contributed by atoms with Crippen LogP contribution in [0.25, 0.3) is 0 Å². The van der Waals surface area contributed by atoms with Crippen LogP contribution in [-0.4, -0.2) is 26.1 Å². The normalized spacial score (nSPS) is 17.0. The number of rotatable bonds is 4. The fourth-order valence-electron chi connectivity index (χ4n) is 2.92. The molecular weight excluding hydrogens is 312 g/mol. The van der Waals surface area contributed by atoms with E-state index in [2.05, 4.69) is 10.6 Å². The third kappa shape index (κ3) is 3.49. The number of halogens is 1. The molecule has 0 saturated carbocycles. The lowest BCUT2D eigenvalue weighted by atomic mass is 9.93. The van der Waals surface area contributed by atoms with Crippen LogP contribution in [0.2, 0.25) is 5.02 Å². The van der Waals surface area contributed by atoms with Gasteiger partial charge in [0.2, 0.25) is 0 Å². The molecule has 1 heterocycles. The van der Waals surface area contributed by atoms with Gasteiger partial charge in [-0.15, -0.1) is 0 Å². The molecule has 23 heavy (non-hydrogen) atoms. The summed E-state index contributed by atoms with van der Waals surface area (Å²) in [6, 6.07) is 13.0. The molecular formula is C18H19ClN2O2. The van der Waals surface area contributed by atoms with Crippen LogP contribution in [0.3, 0.4) is 0 Å². The van der Waals surface area contributed by atoms with Gasteiger partial charge in [0.15, 0.2) is 0 Å². The van der Waals surface area contributed by atoms with E-state index in [1.54, 1.807) is 25.3 Å². The zero-order valence-corrected chi connectivity index (χ0v) is 13.7. The van der Waals surface area contributed by atoms with Gasteiger partial charge in [0.05, 0.1) is 12.1 Å². The van der Waals surface area contributed by atoms with E-state index in [0.29, 0.717) is 27.9 Å². The van der Waals surface area contributed by atoms with E-state index in [4.69, 9.17) is 16.3 Å². The molecule has 1 saturated heterocycles. The summed E-state index contributed by atoms with van der Waals surface area (Å²) in [7, 11) is 1.56. The molecule has 0 radical (unpaired) electrons. The second kappa shape index (κ2) is 7.02. The van der Waals surface area contributed by atoms with Gasteiger partial charge in [-0.1, -0.05) is 29.8 Å². The number of hydrogen-bond donors (Lipinski definition) is 2. The van der Waals surface area contributed by atoms with E-state index >= 15 is 0 Å². The number of anilines is 1. The molecule has 1 fully saturated rings. The van der Waals surface area contributed by atoms with Gasteiger partial charge in [-0.05, 0) is 48.7 Å². The van der Waals surface area contributed by atoms with Crippen LogP contribution in [0, 0.1) is 0 Å². The summed E-state index contributed by atoms with van der Waals surface area (Å²) in [5.41, 5.74) is 2.46. The quantitative estimate of drug-likeness (QED) is 0.899. The number of amides is 1. The standard InChI is InChI=1S/C18H19ClN2O2/c1-23-17-7-6-13(10-16(17)19)21-18(22)15-5-3-2-4-14(15)12-8-9-20-11-12/h2-7,10,12,20H,8-9,11H2,1H3,(H,21,22). The number of nitrogens with one attached hydrogen (secondary N) is 2. The van der Waals surface area contributed by atoms with Crippen molar-refractivity contribution in [3.8, 4) is 5.75 Å². The molecule has 0 spiro atoms. The smallest absolute Gasteiger partial charge is 0.255 e. The molecule has 0 aliphatic carbocycles. The third-order valence-corrected chi connectivity index (χ3v) is 4.41. The zero-order chi connectivity index (χ0) is 16.2. The molecule has 1 aliphatic heterocycles.